The number of nitrogens with zero attached hydrogens (tertiary/aromatic N) is 2. The molecule has 3 aliphatic heterocycles. The van der Waals surface area contributed by atoms with Crippen LogP contribution < -0.4 is 15.8 Å². The summed E-state index contributed by atoms with van der Waals surface area (Å²) in [6.07, 6.45) is 2.25. The molecule has 0 aromatic heterocycles. The molecule has 0 bridgehead atoms. The van der Waals surface area contributed by atoms with Gasteiger partial charge in [-0.1, -0.05) is 12.1 Å². The van der Waals surface area contributed by atoms with E-state index >= 15 is 0 Å². The Morgan fingerprint density at radius 2 is 2.00 bits per heavy atom. The Bertz CT molecular complexity index is 919. The number of para-hydroxylation sites is 1. The van der Waals surface area contributed by atoms with Crippen LogP contribution in [0.3, 0.4) is 0 Å². The SMILES string of the molecule is C[C@@H](C(=O)N1CCC[C@H](C(N)=O)C1)N1CC[C@@]2(CCC1=O)NC(=O)c1ccccc1O2. The number of nitrogens with one attached hydrogen (secondary N) is 1. The lowest BCUT2D eigenvalue weighted by molar-refractivity contribution is -0.146. The fourth-order valence-electron chi connectivity index (χ4n) is 4.70. The predicted octanol–water partition coefficient (Wildman–Crippen LogP) is 0.630. The van der Waals surface area contributed by atoms with Crippen LogP contribution in [0.2, 0.25) is 0 Å². The molecule has 4 amide bonds. The first kappa shape index (κ1) is 21.1. The fourth-order valence-corrected chi connectivity index (χ4v) is 4.70. The summed E-state index contributed by atoms with van der Waals surface area (Å²) in [5, 5.41) is 2.93. The van der Waals surface area contributed by atoms with Crippen molar-refractivity contribution in [1.82, 2.24) is 15.1 Å². The number of benzene rings is 1. The summed E-state index contributed by atoms with van der Waals surface area (Å²) < 4.78 is 6.15. The van der Waals surface area contributed by atoms with Gasteiger partial charge in [-0.05, 0) is 31.9 Å². The fraction of sp³-hybridized carbons (Fsp3) is 0.545. The number of nitrogens with two attached hydrogens (primary N) is 1. The van der Waals surface area contributed by atoms with Crippen LogP contribution in [0.5, 0.6) is 5.75 Å². The Hall–Kier alpha value is -3.10. The van der Waals surface area contributed by atoms with Crippen molar-refractivity contribution in [2.75, 3.05) is 19.6 Å². The van der Waals surface area contributed by atoms with Crippen molar-refractivity contribution in [2.24, 2.45) is 11.7 Å². The van der Waals surface area contributed by atoms with E-state index in [9.17, 15) is 19.2 Å². The van der Waals surface area contributed by atoms with Crippen LogP contribution in [0.1, 0.15) is 49.4 Å². The third kappa shape index (κ3) is 4.08. The van der Waals surface area contributed by atoms with Gasteiger partial charge < -0.3 is 25.6 Å². The molecule has 2 fully saturated rings. The lowest BCUT2D eigenvalue weighted by atomic mass is 9.97. The zero-order chi connectivity index (χ0) is 22.2. The number of carbonyl (C=O) groups is 4. The summed E-state index contributed by atoms with van der Waals surface area (Å²) in [6, 6.07) is 6.36. The van der Waals surface area contributed by atoms with Gasteiger partial charge in [-0.3, -0.25) is 19.2 Å². The van der Waals surface area contributed by atoms with Crippen molar-refractivity contribution >= 4 is 23.6 Å². The van der Waals surface area contributed by atoms with Crippen LogP contribution in [0.15, 0.2) is 24.3 Å². The molecule has 1 aromatic rings. The summed E-state index contributed by atoms with van der Waals surface area (Å²) in [6.45, 7) is 2.83. The second-order valence-corrected chi connectivity index (χ2v) is 8.59. The minimum Gasteiger partial charge on any atom is -0.467 e. The van der Waals surface area contributed by atoms with Crippen LogP contribution in [-0.2, 0) is 14.4 Å². The normalized spacial score (nSPS) is 27.1. The van der Waals surface area contributed by atoms with E-state index < -0.39 is 17.7 Å². The average Bonchev–Trinajstić information content (AvgIpc) is 2.92. The Morgan fingerprint density at radius 1 is 1.23 bits per heavy atom. The van der Waals surface area contributed by atoms with Gasteiger partial charge in [0.1, 0.15) is 11.8 Å². The van der Waals surface area contributed by atoms with Crippen molar-refractivity contribution in [1.29, 1.82) is 0 Å². The van der Waals surface area contributed by atoms with Crippen LogP contribution in [0.25, 0.3) is 0 Å². The van der Waals surface area contributed by atoms with Crippen LogP contribution in [0.4, 0.5) is 0 Å². The van der Waals surface area contributed by atoms with E-state index in [0.717, 1.165) is 0 Å². The summed E-state index contributed by atoms with van der Waals surface area (Å²) in [5.74, 6) is -0.811. The van der Waals surface area contributed by atoms with Crippen LogP contribution in [0, 0.1) is 5.92 Å². The lowest BCUT2D eigenvalue weighted by Crippen LogP contribution is -2.57. The molecule has 9 nitrogen and oxygen atoms in total. The van der Waals surface area contributed by atoms with Crippen molar-refractivity contribution in [3.05, 3.63) is 29.8 Å². The Labute approximate surface area is 180 Å². The quantitative estimate of drug-likeness (QED) is 0.731. The van der Waals surface area contributed by atoms with E-state index in [1.807, 2.05) is 0 Å². The van der Waals surface area contributed by atoms with Gasteiger partial charge in [0.15, 0.2) is 5.72 Å². The minimum absolute atomic E-state index is 0.155. The molecule has 2 saturated heterocycles. The molecule has 3 atom stereocenters. The number of hydrogen-bond donors (Lipinski definition) is 2. The van der Waals surface area contributed by atoms with E-state index in [1.165, 1.54) is 0 Å². The highest BCUT2D eigenvalue weighted by atomic mass is 16.5. The number of likely N-dealkylation sites (tertiary alicyclic amines) is 2. The molecule has 9 heteroatoms. The number of hydrogen-bond acceptors (Lipinski definition) is 5. The summed E-state index contributed by atoms with van der Waals surface area (Å²) in [5.41, 5.74) is 4.92. The maximum atomic E-state index is 13.1. The zero-order valence-corrected chi connectivity index (χ0v) is 17.6. The third-order valence-corrected chi connectivity index (χ3v) is 6.56. The third-order valence-electron chi connectivity index (χ3n) is 6.56. The molecule has 3 N–H and O–H groups in total. The molecule has 166 valence electrons. The first-order chi connectivity index (χ1) is 14.8. The topological polar surface area (TPSA) is 122 Å². The molecule has 0 radical (unpaired) electrons. The Kier molecular flexibility index (Phi) is 5.60. The van der Waals surface area contributed by atoms with Gasteiger partial charge in [-0.25, -0.2) is 0 Å². The lowest BCUT2D eigenvalue weighted by Gasteiger charge is -2.39. The van der Waals surface area contributed by atoms with Crippen molar-refractivity contribution in [3.63, 3.8) is 0 Å². The second kappa shape index (κ2) is 8.20. The maximum absolute atomic E-state index is 13.1. The average molecular weight is 428 g/mol. The maximum Gasteiger partial charge on any atom is 0.258 e. The molecule has 0 saturated carbocycles. The summed E-state index contributed by atoms with van der Waals surface area (Å²) in [4.78, 5) is 53.3. The zero-order valence-electron chi connectivity index (χ0n) is 17.6. The van der Waals surface area contributed by atoms with Crippen molar-refractivity contribution in [2.45, 2.75) is 50.8 Å². The first-order valence-electron chi connectivity index (χ1n) is 10.8. The highest BCUT2D eigenvalue weighted by molar-refractivity contribution is 5.98. The van der Waals surface area contributed by atoms with Crippen molar-refractivity contribution < 1.29 is 23.9 Å². The smallest absolute Gasteiger partial charge is 0.258 e. The predicted molar refractivity (Wildman–Crippen MR) is 111 cm³/mol. The standard InChI is InChI=1S/C22H28N4O5/c1-14(21(30)25-11-4-5-15(13-25)19(23)28)26-12-10-22(9-8-18(26)27)24-20(29)16-6-2-3-7-17(16)31-22/h2-3,6-7,14-15H,4-5,8-13H2,1H3,(H2,23,28)(H,24,29)/t14-,15-,22-/m0/s1. The molecule has 3 aliphatic rings. The Morgan fingerprint density at radius 3 is 2.77 bits per heavy atom. The van der Waals surface area contributed by atoms with E-state index in [0.29, 0.717) is 50.1 Å². The van der Waals surface area contributed by atoms with Gasteiger partial charge in [-0.2, -0.15) is 0 Å². The molecule has 3 heterocycles. The van der Waals surface area contributed by atoms with Gasteiger partial charge >= 0.3 is 0 Å². The molecule has 31 heavy (non-hydrogen) atoms. The van der Waals surface area contributed by atoms with E-state index in [1.54, 1.807) is 41.0 Å². The van der Waals surface area contributed by atoms with Crippen LogP contribution in [-0.4, -0.2) is 64.8 Å². The largest absolute Gasteiger partial charge is 0.467 e. The highest BCUT2D eigenvalue weighted by Crippen LogP contribution is 2.34. The number of primary amides is 1. The number of fused-ring (bicyclic) bond motifs is 1. The first-order valence-corrected chi connectivity index (χ1v) is 10.8. The van der Waals surface area contributed by atoms with Gasteiger partial charge in [0, 0.05) is 38.9 Å². The minimum atomic E-state index is -0.971. The highest BCUT2D eigenvalue weighted by Gasteiger charge is 2.44. The van der Waals surface area contributed by atoms with E-state index in [4.69, 9.17) is 10.5 Å². The van der Waals surface area contributed by atoms with Gasteiger partial charge in [0.25, 0.3) is 5.91 Å². The van der Waals surface area contributed by atoms with Crippen LogP contribution >= 0.6 is 0 Å². The number of carbonyl (C=O) groups excluding carboxylic acids is 4. The Balaban J connectivity index is 1.46. The molecular weight excluding hydrogens is 400 g/mol. The number of amides is 4. The van der Waals surface area contributed by atoms with Gasteiger partial charge in [0.2, 0.25) is 17.7 Å². The molecule has 1 spiro atoms. The number of rotatable bonds is 3. The van der Waals surface area contributed by atoms with E-state index in [-0.39, 0.29) is 36.6 Å². The van der Waals surface area contributed by atoms with Gasteiger partial charge in [-0.15, -0.1) is 0 Å². The summed E-state index contributed by atoms with van der Waals surface area (Å²) >= 11 is 0. The summed E-state index contributed by atoms with van der Waals surface area (Å²) in [7, 11) is 0. The van der Waals surface area contributed by atoms with E-state index in [2.05, 4.69) is 5.32 Å². The second-order valence-electron chi connectivity index (χ2n) is 8.59. The monoisotopic (exact) mass is 428 g/mol. The molecular formula is C22H28N4O5. The van der Waals surface area contributed by atoms with Gasteiger partial charge in [0.05, 0.1) is 11.5 Å². The molecule has 1 aromatic carbocycles. The number of ether oxygens (including phenoxy) is 1. The molecule has 0 unspecified atom stereocenters. The number of piperidine rings is 1. The molecule has 4 rings (SSSR count). The van der Waals surface area contributed by atoms with Crippen molar-refractivity contribution in [3.8, 4) is 5.75 Å². The molecule has 0 aliphatic carbocycles.